The van der Waals surface area contributed by atoms with E-state index < -0.39 is 11.4 Å². The third-order valence-corrected chi connectivity index (χ3v) is 6.91. The number of likely N-dealkylation sites (tertiary alicyclic amines) is 1. The molecule has 1 saturated heterocycles. The zero-order valence-corrected chi connectivity index (χ0v) is 15.6. The average Bonchev–Trinajstić information content (AvgIpc) is 3.37. The summed E-state index contributed by atoms with van der Waals surface area (Å²) in [6.45, 7) is 0.740. The van der Waals surface area contributed by atoms with Crippen molar-refractivity contribution in [1.29, 1.82) is 0 Å². The van der Waals surface area contributed by atoms with Crippen LogP contribution in [0.2, 0.25) is 0 Å². The Labute approximate surface area is 163 Å². The number of rotatable bonds is 3. The van der Waals surface area contributed by atoms with E-state index in [1.165, 1.54) is 22.3 Å². The molecule has 1 amide bonds. The second kappa shape index (κ2) is 6.36. The molecule has 0 spiro atoms. The van der Waals surface area contributed by atoms with Gasteiger partial charge in [0.1, 0.15) is 6.61 Å². The van der Waals surface area contributed by atoms with E-state index in [0.717, 1.165) is 12.8 Å². The summed E-state index contributed by atoms with van der Waals surface area (Å²) in [4.78, 5) is 26.3. The highest BCUT2D eigenvalue weighted by molar-refractivity contribution is 5.80. The molecule has 2 aliphatic carbocycles. The SMILES string of the molecule is O=C(OCC1c2ccccc2-c2ccccc21)N1CC[C@]2(C(=O)O)CCC[C@H]12. The van der Waals surface area contributed by atoms with Gasteiger partial charge in [-0.1, -0.05) is 55.0 Å². The Morgan fingerprint density at radius 3 is 2.32 bits per heavy atom. The molecule has 5 heteroatoms. The van der Waals surface area contributed by atoms with Crippen LogP contribution in [0.1, 0.15) is 42.7 Å². The Kier molecular flexibility index (Phi) is 3.93. The number of carbonyl (C=O) groups is 2. The Hall–Kier alpha value is -2.82. The molecule has 5 nitrogen and oxygen atoms in total. The number of aliphatic carboxylic acids is 1. The molecule has 3 aliphatic rings. The van der Waals surface area contributed by atoms with E-state index in [0.29, 0.717) is 19.4 Å². The molecule has 0 radical (unpaired) electrons. The molecule has 1 aliphatic heterocycles. The first-order valence-electron chi connectivity index (χ1n) is 9.97. The second-order valence-corrected chi connectivity index (χ2v) is 8.12. The van der Waals surface area contributed by atoms with E-state index in [-0.39, 0.29) is 24.7 Å². The molecule has 2 aromatic rings. The van der Waals surface area contributed by atoms with Crippen molar-refractivity contribution in [1.82, 2.24) is 4.90 Å². The number of nitrogens with zero attached hydrogens (tertiary/aromatic N) is 1. The van der Waals surface area contributed by atoms with Gasteiger partial charge in [-0.15, -0.1) is 0 Å². The van der Waals surface area contributed by atoms with Crippen LogP contribution in [0.4, 0.5) is 4.79 Å². The maximum atomic E-state index is 12.8. The quantitative estimate of drug-likeness (QED) is 0.868. The van der Waals surface area contributed by atoms with Gasteiger partial charge in [0, 0.05) is 12.5 Å². The van der Waals surface area contributed by atoms with Gasteiger partial charge < -0.3 is 14.7 Å². The van der Waals surface area contributed by atoms with Crippen molar-refractivity contribution in [2.45, 2.75) is 37.6 Å². The number of carboxylic acids is 1. The summed E-state index contributed by atoms with van der Waals surface area (Å²) in [6, 6.07) is 16.2. The summed E-state index contributed by atoms with van der Waals surface area (Å²) in [5.74, 6) is -0.754. The van der Waals surface area contributed by atoms with Crippen LogP contribution < -0.4 is 0 Å². The number of hydrogen-bond donors (Lipinski definition) is 1. The second-order valence-electron chi connectivity index (χ2n) is 8.12. The first-order valence-corrected chi connectivity index (χ1v) is 9.97. The highest BCUT2D eigenvalue weighted by atomic mass is 16.6. The minimum atomic E-state index is -0.774. The normalized spacial score (nSPS) is 25.3. The van der Waals surface area contributed by atoms with Crippen LogP contribution in [0, 0.1) is 5.41 Å². The van der Waals surface area contributed by atoms with Gasteiger partial charge in [-0.25, -0.2) is 4.79 Å². The maximum Gasteiger partial charge on any atom is 0.410 e. The van der Waals surface area contributed by atoms with Crippen LogP contribution in [0.25, 0.3) is 11.1 Å². The molecule has 1 heterocycles. The molecule has 0 bridgehead atoms. The Morgan fingerprint density at radius 2 is 1.68 bits per heavy atom. The first-order chi connectivity index (χ1) is 13.6. The van der Waals surface area contributed by atoms with Gasteiger partial charge in [0.15, 0.2) is 0 Å². The Bertz CT molecular complexity index is 910. The van der Waals surface area contributed by atoms with Crippen LogP contribution in [0.15, 0.2) is 48.5 Å². The van der Waals surface area contributed by atoms with E-state index in [4.69, 9.17) is 4.74 Å². The number of hydrogen-bond acceptors (Lipinski definition) is 3. The van der Waals surface area contributed by atoms with Gasteiger partial charge in [0.2, 0.25) is 0 Å². The highest BCUT2D eigenvalue weighted by Gasteiger charge is 2.57. The van der Waals surface area contributed by atoms with E-state index in [2.05, 4.69) is 24.3 Å². The van der Waals surface area contributed by atoms with Gasteiger partial charge in [0.05, 0.1) is 11.5 Å². The minimum Gasteiger partial charge on any atom is -0.481 e. The van der Waals surface area contributed by atoms with E-state index >= 15 is 0 Å². The molecule has 0 unspecified atom stereocenters. The molecule has 1 saturated carbocycles. The van der Waals surface area contributed by atoms with E-state index in [9.17, 15) is 14.7 Å². The smallest absolute Gasteiger partial charge is 0.410 e. The summed E-state index contributed by atoms with van der Waals surface area (Å²) in [6.07, 6.45) is 2.40. The fraction of sp³-hybridized carbons (Fsp3) is 0.391. The lowest BCUT2D eigenvalue weighted by atomic mass is 9.82. The predicted octanol–water partition coefficient (Wildman–Crippen LogP) is 4.26. The van der Waals surface area contributed by atoms with Crippen molar-refractivity contribution in [3.8, 4) is 11.1 Å². The number of carboxylic acid groups (broad SMARTS) is 1. The molecule has 2 atom stereocenters. The molecule has 144 valence electrons. The van der Waals surface area contributed by atoms with Crippen LogP contribution in [0.3, 0.4) is 0 Å². The van der Waals surface area contributed by atoms with Crippen molar-refractivity contribution in [2.24, 2.45) is 5.41 Å². The fourth-order valence-electron chi connectivity index (χ4n) is 5.53. The summed E-state index contributed by atoms with van der Waals surface area (Å²) in [5, 5.41) is 9.72. The van der Waals surface area contributed by atoms with Crippen LogP contribution in [0.5, 0.6) is 0 Å². The summed E-state index contributed by atoms with van der Waals surface area (Å²) in [7, 11) is 0. The van der Waals surface area contributed by atoms with Crippen molar-refractivity contribution in [3.05, 3.63) is 59.7 Å². The first kappa shape index (κ1) is 17.3. The monoisotopic (exact) mass is 377 g/mol. The lowest BCUT2D eigenvalue weighted by Gasteiger charge is -2.28. The molecule has 28 heavy (non-hydrogen) atoms. The zero-order chi connectivity index (χ0) is 19.3. The number of fused-ring (bicyclic) bond motifs is 4. The van der Waals surface area contributed by atoms with Gasteiger partial charge in [0.25, 0.3) is 0 Å². The molecule has 1 N–H and O–H groups in total. The highest BCUT2D eigenvalue weighted by Crippen LogP contribution is 2.49. The lowest BCUT2D eigenvalue weighted by molar-refractivity contribution is -0.149. The topological polar surface area (TPSA) is 66.8 Å². The summed E-state index contributed by atoms with van der Waals surface area (Å²) >= 11 is 0. The van der Waals surface area contributed by atoms with Crippen LogP contribution in [-0.2, 0) is 9.53 Å². The Balaban J connectivity index is 1.35. The fourth-order valence-corrected chi connectivity index (χ4v) is 5.53. The largest absolute Gasteiger partial charge is 0.481 e. The average molecular weight is 377 g/mol. The van der Waals surface area contributed by atoms with Crippen molar-refractivity contribution >= 4 is 12.1 Å². The lowest BCUT2D eigenvalue weighted by Crippen LogP contribution is -2.43. The van der Waals surface area contributed by atoms with Gasteiger partial charge >= 0.3 is 12.1 Å². The summed E-state index contributed by atoms with van der Waals surface area (Å²) in [5.41, 5.74) is 3.98. The van der Waals surface area contributed by atoms with Gasteiger partial charge in [-0.05, 0) is 41.5 Å². The molecular formula is C23H23NO4. The summed E-state index contributed by atoms with van der Waals surface area (Å²) < 4.78 is 5.75. The van der Waals surface area contributed by atoms with Crippen molar-refractivity contribution < 1.29 is 19.4 Å². The van der Waals surface area contributed by atoms with Crippen LogP contribution in [-0.4, -0.2) is 41.3 Å². The number of benzene rings is 2. The van der Waals surface area contributed by atoms with E-state index in [1.807, 2.05) is 24.3 Å². The molecule has 2 aromatic carbocycles. The van der Waals surface area contributed by atoms with Gasteiger partial charge in [-0.2, -0.15) is 0 Å². The number of ether oxygens (including phenoxy) is 1. The van der Waals surface area contributed by atoms with Crippen LogP contribution >= 0.6 is 0 Å². The number of amides is 1. The van der Waals surface area contributed by atoms with E-state index in [1.54, 1.807) is 4.90 Å². The minimum absolute atomic E-state index is 0.0202. The third-order valence-electron chi connectivity index (χ3n) is 6.91. The molecular weight excluding hydrogens is 354 g/mol. The van der Waals surface area contributed by atoms with Crippen molar-refractivity contribution in [3.63, 3.8) is 0 Å². The van der Waals surface area contributed by atoms with Gasteiger partial charge in [-0.3, -0.25) is 4.79 Å². The Morgan fingerprint density at radius 1 is 1.04 bits per heavy atom. The maximum absolute atomic E-state index is 12.8. The standard InChI is InChI=1S/C23H23NO4/c25-21(26)23-11-5-10-20(23)24(13-12-23)22(27)28-14-19-17-8-3-1-6-15(17)16-7-2-4-9-18(16)19/h1-4,6-9,19-20H,5,10-14H2,(H,25,26)/t20-,23+/m0/s1. The van der Waals surface area contributed by atoms with Crippen molar-refractivity contribution in [2.75, 3.05) is 13.2 Å². The molecule has 5 rings (SSSR count). The predicted molar refractivity (Wildman–Crippen MR) is 104 cm³/mol. The molecule has 2 fully saturated rings. The zero-order valence-electron chi connectivity index (χ0n) is 15.6. The molecule has 0 aromatic heterocycles. The number of carbonyl (C=O) groups excluding carboxylic acids is 1. The third kappa shape index (κ3) is 2.38.